The van der Waals surface area contributed by atoms with Crippen molar-refractivity contribution in [1.82, 2.24) is 5.32 Å². The molecule has 2 rings (SSSR count). The van der Waals surface area contributed by atoms with Crippen LogP contribution >= 0.6 is 11.8 Å². The van der Waals surface area contributed by atoms with Crippen LogP contribution in [0.4, 0.5) is 0 Å². The number of rotatable bonds is 4. The molecular formula is C17H21NO5S. The first-order valence-electron chi connectivity index (χ1n) is 7.65. The highest BCUT2D eigenvalue weighted by atomic mass is 32.2. The number of amides is 1. The van der Waals surface area contributed by atoms with E-state index in [9.17, 15) is 14.4 Å². The first-order valence-corrected chi connectivity index (χ1v) is 8.70. The van der Waals surface area contributed by atoms with Crippen molar-refractivity contribution in [3.63, 3.8) is 0 Å². The summed E-state index contributed by atoms with van der Waals surface area (Å²) in [6.07, 6.45) is -0.684. The Balaban J connectivity index is 2.40. The zero-order valence-corrected chi connectivity index (χ0v) is 15.0. The number of esters is 2. The largest absolute Gasteiger partial charge is 0.456 e. The van der Waals surface area contributed by atoms with E-state index in [1.807, 2.05) is 13.8 Å². The van der Waals surface area contributed by atoms with Crippen molar-refractivity contribution >= 4 is 29.6 Å². The molecule has 0 aliphatic carbocycles. The summed E-state index contributed by atoms with van der Waals surface area (Å²) >= 11 is 1.47. The van der Waals surface area contributed by atoms with Crippen LogP contribution in [0.25, 0.3) is 0 Å². The van der Waals surface area contributed by atoms with Gasteiger partial charge in [0.05, 0.1) is 0 Å². The Morgan fingerprint density at radius 1 is 1.21 bits per heavy atom. The molecule has 0 spiro atoms. The third-order valence-electron chi connectivity index (χ3n) is 3.58. The molecule has 1 saturated heterocycles. The van der Waals surface area contributed by atoms with Crippen LogP contribution in [0.1, 0.15) is 36.6 Å². The second-order valence-corrected chi connectivity index (χ2v) is 6.94. The summed E-state index contributed by atoms with van der Waals surface area (Å²) < 4.78 is 10.7. The highest BCUT2D eigenvalue weighted by Gasteiger charge is 2.35. The van der Waals surface area contributed by atoms with Crippen LogP contribution in [-0.4, -0.2) is 35.4 Å². The van der Waals surface area contributed by atoms with E-state index in [1.54, 1.807) is 12.1 Å². The standard InChI is InChI=1S/C17H21NO5S/c1-9-7-13(8-10(2)14(9)22-11(3)19)15(23-12(4)20)16-17(21)18-5-6-24-16/h7-8,15-16H,5-6H2,1-4H3,(H,18,21). The minimum atomic E-state index is -0.684. The number of thioether (sulfide) groups is 1. The van der Waals surface area contributed by atoms with Crippen molar-refractivity contribution in [2.75, 3.05) is 12.3 Å². The molecule has 6 nitrogen and oxygen atoms in total. The van der Waals surface area contributed by atoms with Crippen LogP contribution in [0, 0.1) is 13.8 Å². The SMILES string of the molecule is CC(=O)Oc1c(C)cc(C(OC(C)=O)C2SCCNC2=O)cc1C. The Hall–Kier alpha value is -2.02. The Morgan fingerprint density at radius 2 is 1.83 bits per heavy atom. The maximum atomic E-state index is 12.2. The third kappa shape index (κ3) is 4.29. The van der Waals surface area contributed by atoms with E-state index in [0.717, 1.165) is 16.9 Å². The van der Waals surface area contributed by atoms with Crippen molar-refractivity contribution in [2.45, 2.75) is 39.0 Å². The minimum absolute atomic E-state index is 0.142. The monoisotopic (exact) mass is 351 g/mol. The molecule has 24 heavy (non-hydrogen) atoms. The second-order valence-electron chi connectivity index (χ2n) is 5.69. The van der Waals surface area contributed by atoms with Gasteiger partial charge >= 0.3 is 11.9 Å². The topological polar surface area (TPSA) is 81.7 Å². The predicted molar refractivity (Wildman–Crippen MR) is 91.0 cm³/mol. The quantitative estimate of drug-likeness (QED) is 0.661. The van der Waals surface area contributed by atoms with Crippen molar-refractivity contribution in [3.8, 4) is 5.75 Å². The van der Waals surface area contributed by atoms with E-state index in [0.29, 0.717) is 17.9 Å². The van der Waals surface area contributed by atoms with Crippen LogP contribution in [0.5, 0.6) is 5.75 Å². The van der Waals surface area contributed by atoms with E-state index in [1.165, 1.54) is 25.6 Å². The molecule has 7 heteroatoms. The van der Waals surface area contributed by atoms with Crippen molar-refractivity contribution in [1.29, 1.82) is 0 Å². The Kier molecular flexibility index (Phi) is 5.88. The number of hydrogen-bond acceptors (Lipinski definition) is 6. The summed E-state index contributed by atoms with van der Waals surface area (Å²) in [5.41, 5.74) is 2.21. The molecule has 1 aliphatic heterocycles. The van der Waals surface area contributed by atoms with Crippen LogP contribution in [-0.2, 0) is 19.1 Å². The van der Waals surface area contributed by atoms with Gasteiger partial charge in [-0.1, -0.05) is 0 Å². The molecule has 1 heterocycles. The summed E-state index contributed by atoms with van der Waals surface area (Å²) in [7, 11) is 0. The summed E-state index contributed by atoms with van der Waals surface area (Å²) in [4.78, 5) is 34.9. The van der Waals surface area contributed by atoms with E-state index in [-0.39, 0.29) is 5.91 Å². The van der Waals surface area contributed by atoms with E-state index in [4.69, 9.17) is 9.47 Å². The zero-order valence-electron chi connectivity index (χ0n) is 14.2. The summed E-state index contributed by atoms with van der Waals surface area (Å²) in [5.74, 6) is 0.272. The highest BCUT2D eigenvalue weighted by molar-refractivity contribution is 8.00. The van der Waals surface area contributed by atoms with Gasteiger partial charge in [-0.05, 0) is 42.7 Å². The maximum absolute atomic E-state index is 12.2. The molecule has 1 aromatic carbocycles. The van der Waals surface area contributed by atoms with Gasteiger partial charge in [-0.15, -0.1) is 11.8 Å². The number of aryl methyl sites for hydroxylation is 2. The summed E-state index contributed by atoms with van der Waals surface area (Å²) in [6.45, 7) is 6.90. The Morgan fingerprint density at radius 3 is 2.33 bits per heavy atom. The molecule has 1 aliphatic rings. The average molecular weight is 351 g/mol. The Labute approximate surface area is 145 Å². The van der Waals surface area contributed by atoms with E-state index < -0.39 is 23.3 Å². The third-order valence-corrected chi connectivity index (χ3v) is 4.84. The predicted octanol–water partition coefficient (Wildman–Crippen LogP) is 2.06. The second kappa shape index (κ2) is 7.70. The number of carbonyl (C=O) groups is 3. The lowest BCUT2D eigenvalue weighted by molar-refractivity contribution is -0.147. The number of ether oxygens (including phenoxy) is 2. The molecule has 1 aromatic rings. The fourth-order valence-electron chi connectivity index (χ4n) is 2.70. The molecule has 1 N–H and O–H groups in total. The van der Waals surface area contributed by atoms with Crippen molar-refractivity contribution in [3.05, 3.63) is 28.8 Å². The fourth-order valence-corrected chi connectivity index (χ4v) is 3.79. The van der Waals surface area contributed by atoms with Gasteiger partial charge in [-0.2, -0.15) is 0 Å². The van der Waals surface area contributed by atoms with Gasteiger partial charge in [0.2, 0.25) is 5.91 Å². The van der Waals surface area contributed by atoms with Crippen molar-refractivity contribution in [2.24, 2.45) is 0 Å². The molecule has 2 unspecified atom stereocenters. The van der Waals surface area contributed by atoms with E-state index in [2.05, 4.69) is 5.32 Å². The van der Waals surface area contributed by atoms with Gasteiger partial charge in [-0.25, -0.2) is 0 Å². The maximum Gasteiger partial charge on any atom is 0.308 e. The number of hydrogen-bond donors (Lipinski definition) is 1. The lowest BCUT2D eigenvalue weighted by Crippen LogP contribution is -2.43. The normalized spacial score (nSPS) is 18.5. The summed E-state index contributed by atoms with van der Waals surface area (Å²) in [6, 6.07) is 3.59. The van der Waals surface area contributed by atoms with Gasteiger partial charge in [0.1, 0.15) is 17.1 Å². The molecule has 0 saturated carbocycles. The van der Waals surface area contributed by atoms with E-state index >= 15 is 0 Å². The molecular weight excluding hydrogens is 330 g/mol. The molecule has 1 amide bonds. The zero-order chi connectivity index (χ0) is 17.9. The van der Waals surface area contributed by atoms with Gasteiger partial charge in [0, 0.05) is 26.1 Å². The van der Waals surface area contributed by atoms with Gasteiger partial charge < -0.3 is 14.8 Å². The molecule has 2 atom stereocenters. The number of carbonyl (C=O) groups excluding carboxylic acids is 3. The van der Waals surface area contributed by atoms with Crippen LogP contribution in [0.15, 0.2) is 12.1 Å². The molecule has 0 bridgehead atoms. The minimum Gasteiger partial charge on any atom is -0.456 e. The Bertz CT molecular complexity index is 650. The average Bonchev–Trinajstić information content (AvgIpc) is 2.49. The number of benzene rings is 1. The van der Waals surface area contributed by atoms with Crippen molar-refractivity contribution < 1.29 is 23.9 Å². The summed E-state index contributed by atoms with van der Waals surface area (Å²) in [5, 5.41) is 2.30. The fraction of sp³-hybridized carbons (Fsp3) is 0.471. The van der Waals surface area contributed by atoms with Crippen LogP contribution in [0.3, 0.4) is 0 Å². The molecule has 0 radical (unpaired) electrons. The lowest BCUT2D eigenvalue weighted by atomic mass is 9.99. The van der Waals surface area contributed by atoms with Gasteiger partial charge in [0.15, 0.2) is 0 Å². The first kappa shape index (κ1) is 18.3. The van der Waals surface area contributed by atoms with Crippen LogP contribution in [0.2, 0.25) is 0 Å². The molecule has 130 valence electrons. The van der Waals surface area contributed by atoms with Gasteiger partial charge in [-0.3, -0.25) is 14.4 Å². The lowest BCUT2D eigenvalue weighted by Gasteiger charge is -2.29. The highest BCUT2D eigenvalue weighted by Crippen LogP contribution is 2.35. The molecule has 0 aromatic heterocycles. The number of nitrogens with one attached hydrogen (secondary N) is 1. The molecule has 1 fully saturated rings. The first-order chi connectivity index (χ1) is 11.3. The van der Waals surface area contributed by atoms with Gasteiger partial charge in [0.25, 0.3) is 0 Å². The van der Waals surface area contributed by atoms with Crippen LogP contribution < -0.4 is 10.1 Å². The smallest absolute Gasteiger partial charge is 0.308 e.